The highest BCUT2D eigenvalue weighted by Crippen LogP contribution is 2.44. The topological polar surface area (TPSA) is 46.5 Å². The molecule has 190 valence electrons. The van der Waals surface area contributed by atoms with Gasteiger partial charge < -0.3 is 19.5 Å². The van der Waals surface area contributed by atoms with Gasteiger partial charge in [-0.2, -0.15) is 0 Å². The third-order valence-electron chi connectivity index (χ3n) is 7.12. The highest BCUT2D eigenvalue weighted by Gasteiger charge is 2.36. The number of anilines is 1. The van der Waals surface area contributed by atoms with Crippen LogP contribution in [0.3, 0.4) is 0 Å². The van der Waals surface area contributed by atoms with Crippen LogP contribution >= 0.6 is 11.3 Å². The summed E-state index contributed by atoms with van der Waals surface area (Å²) in [6.07, 6.45) is 6.37. The number of thiophene rings is 1. The quantitative estimate of drug-likeness (QED) is 0.309. The number of hydrogen-bond donors (Lipinski definition) is 1. The first-order valence-corrected chi connectivity index (χ1v) is 13.4. The summed E-state index contributed by atoms with van der Waals surface area (Å²) >= 11 is 1.80. The summed E-state index contributed by atoms with van der Waals surface area (Å²) in [6.45, 7) is 2.86. The number of hydrogen-bond acceptors (Lipinski definition) is 3. The number of halogens is 2. The van der Waals surface area contributed by atoms with Gasteiger partial charge in [0, 0.05) is 22.7 Å². The van der Waals surface area contributed by atoms with E-state index in [4.69, 9.17) is 4.74 Å². The van der Waals surface area contributed by atoms with Crippen LogP contribution < -0.4 is 10.1 Å². The summed E-state index contributed by atoms with van der Waals surface area (Å²) in [6, 6.07) is 13.9. The van der Waals surface area contributed by atoms with Crippen molar-refractivity contribution in [1.82, 2.24) is 9.47 Å². The maximum absolute atomic E-state index is 14.5. The summed E-state index contributed by atoms with van der Waals surface area (Å²) in [5.41, 5.74) is 4.13. The highest BCUT2D eigenvalue weighted by molar-refractivity contribution is 7.15. The van der Waals surface area contributed by atoms with Crippen molar-refractivity contribution < 1.29 is 18.3 Å². The molecule has 0 spiro atoms. The minimum absolute atomic E-state index is 0.178. The van der Waals surface area contributed by atoms with Gasteiger partial charge in [0.15, 0.2) is 0 Å². The summed E-state index contributed by atoms with van der Waals surface area (Å²) in [5.74, 6) is -0.542. The molecule has 37 heavy (non-hydrogen) atoms. The van der Waals surface area contributed by atoms with E-state index in [2.05, 4.69) is 9.88 Å². The van der Waals surface area contributed by atoms with Crippen LogP contribution in [0.4, 0.5) is 19.3 Å². The first kappa shape index (κ1) is 23.7. The first-order valence-electron chi connectivity index (χ1n) is 12.6. The Labute approximate surface area is 218 Å². The lowest BCUT2D eigenvalue weighted by Crippen LogP contribution is -2.38. The van der Waals surface area contributed by atoms with Crippen LogP contribution in [0.15, 0.2) is 60.8 Å². The fourth-order valence-corrected chi connectivity index (χ4v) is 6.83. The summed E-state index contributed by atoms with van der Waals surface area (Å²) < 4.78 is 36.2. The lowest BCUT2D eigenvalue weighted by Gasteiger charge is -2.31. The second-order valence-corrected chi connectivity index (χ2v) is 10.5. The van der Waals surface area contributed by atoms with Crippen molar-refractivity contribution in [3.8, 4) is 10.8 Å². The number of nitrogens with zero attached hydrogens (tertiary/aromatic N) is 2. The minimum atomic E-state index is -0.681. The predicted molar refractivity (Wildman–Crippen MR) is 141 cm³/mol. The molecule has 2 amide bonds. The number of amides is 2. The van der Waals surface area contributed by atoms with Crippen molar-refractivity contribution in [1.29, 1.82) is 0 Å². The van der Waals surface area contributed by atoms with E-state index in [-0.39, 0.29) is 5.69 Å². The highest BCUT2D eigenvalue weighted by atomic mass is 32.1. The molecule has 1 N–H and O–H groups in total. The second-order valence-electron chi connectivity index (χ2n) is 9.38. The first-order chi connectivity index (χ1) is 18.0. The van der Waals surface area contributed by atoms with Crippen LogP contribution in [-0.2, 0) is 19.4 Å². The van der Waals surface area contributed by atoms with Gasteiger partial charge in [0.2, 0.25) is 0 Å². The number of nitrogens with one attached hydrogen (secondary N) is 1. The summed E-state index contributed by atoms with van der Waals surface area (Å²) in [7, 11) is 0. The SMILES string of the molecule is CCOc1ccc([C@H]2c3cccn3-c3sc4c(c3CN2C(=O)Nc2cc(F)ccc2F)CCCC4)cc1. The number of fused-ring (bicyclic) bond motifs is 5. The Hall–Kier alpha value is -3.65. The molecule has 8 heteroatoms. The Bertz CT molecular complexity index is 1460. The number of carbonyl (C=O) groups excluding carboxylic acids is 1. The maximum atomic E-state index is 14.5. The van der Waals surface area contributed by atoms with E-state index in [0.717, 1.165) is 65.0 Å². The molecule has 0 unspecified atom stereocenters. The van der Waals surface area contributed by atoms with Crippen molar-refractivity contribution in [3.05, 3.63) is 99.7 Å². The molecule has 1 aliphatic heterocycles. The van der Waals surface area contributed by atoms with E-state index in [9.17, 15) is 13.6 Å². The van der Waals surface area contributed by atoms with Gasteiger partial charge in [-0.3, -0.25) is 0 Å². The molecule has 3 heterocycles. The lowest BCUT2D eigenvalue weighted by molar-refractivity contribution is 0.194. The zero-order valence-corrected chi connectivity index (χ0v) is 21.3. The van der Waals surface area contributed by atoms with Gasteiger partial charge in [0.05, 0.1) is 30.6 Å². The standard InChI is InChI=1S/C29H27F2N3O2S/c1-2-36-20-12-9-18(10-13-20)27-25-7-5-15-33(25)28-22(21-6-3-4-8-26(21)37-28)17-34(27)29(35)32-24-16-19(30)11-14-23(24)31/h5,7,9-16,27H,2-4,6,8,17H2,1H3,(H,32,35)/t27-/m0/s1. The van der Waals surface area contributed by atoms with E-state index in [1.54, 1.807) is 16.2 Å². The van der Waals surface area contributed by atoms with Crippen molar-refractivity contribution in [2.75, 3.05) is 11.9 Å². The van der Waals surface area contributed by atoms with Crippen molar-refractivity contribution >= 4 is 23.1 Å². The smallest absolute Gasteiger partial charge is 0.323 e. The van der Waals surface area contributed by atoms with E-state index < -0.39 is 23.7 Å². The maximum Gasteiger partial charge on any atom is 0.323 e. The van der Waals surface area contributed by atoms with Crippen LogP contribution in [0, 0.1) is 11.6 Å². The molecule has 6 rings (SSSR count). The lowest BCUT2D eigenvalue weighted by atomic mass is 9.95. The Balaban J connectivity index is 1.48. The third-order valence-corrected chi connectivity index (χ3v) is 8.45. The largest absolute Gasteiger partial charge is 0.494 e. The molecule has 2 aromatic heterocycles. The molecular weight excluding hydrogens is 492 g/mol. The second kappa shape index (κ2) is 9.67. The van der Waals surface area contributed by atoms with E-state index in [0.29, 0.717) is 13.2 Å². The number of aromatic nitrogens is 1. The summed E-state index contributed by atoms with van der Waals surface area (Å²) in [5, 5.41) is 3.78. The van der Waals surface area contributed by atoms with Crippen LogP contribution in [0.2, 0.25) is 0 Å². The number of aryl methyl sites for hydroxylation is 1. The molecule has 2 aliphatic rings. The van der Waals surface area contributed by atoms with Gasteiger partial charge in [-0.05, 0) is 80.1 Å². The zero-order chi connectivity index (χ0) is 25.5. The van der Waals surface area contributed by atoms with Crippen LogP contribution in [0.25, 0.3) is 5.00 Å². The Morgan fingerprint density at radius 2 is 1.89 bits per heavy atom. The molecule has 0 radical (unpaired) electrons. The third kappa shape index (κ3) is 4.29. The van der Waals surface area contributed by atoms with Crippen LogP contribution in [0.1, 0.15) is 53.1 Å². The molecular formula is C29H27F2N3O2S. The normalized spacial score (nSPS) is 16.4. The van der Waals surface area contributed by atoms with Crippen molar-refractivity contribution in [2.24, 2.45) is 0 Å². The minimum Gasteiger partial charge on any atom is -0.494 e. The fraction of sp³-hybridized carbons (Fsp3) is 0.276. The summed E-state index contributed by atoms with van der Waals surface area (Å²) in [4.78, 5) is 17.0. The number of rotatable bonds is 4. The van der Waals surface area contributed by atoms with E-state index >= 15 is 0 Å². The predicted octanol–water partition coefficient (Wildman–Crippen LogP) is 7.23. The van der Waals surface area contributed by atoms with E-state index in [1.165, 1.54) is 16.9 Å². The van der Waals surface area contributed by atoms with Gasteiger partial charge in [-0.25, -0.2) is 13.6 Å². The van der Waals surface area contributed by atoms with Gasteiger partial charge in [-0.1, -0.05) is 12.1 Å². The van der Waals surface area contributed by atoms with Gasteiger partial charge in [0.1, 0.15) is 22.4 Å². The molecule has 0 saturated carbocycles. The van der Waals surface area contributed by atoms with Gasteiger partial charge in [0.25, 0.3) is 0 Å². The van der Waals surface area contributed by atoms with Crippen LogP contribution in [0.5, 0.6) is 5.75 Å². The molecule has 0 bridgehead atoms. The molecule has 0 saturated heterocycles. The van der Waals surface area contributed by atoms with Gasteiger partial charge in [-0.15, -0.1) is 11.3 Å². The Morgan fingerprint density at radius 1 is 1.08 bits per heavy atom. The Morgan fingerprint density at radius 3 is 2.70 bits per heavy atom. The zero-order valence-electron chi connectivity index (χ0n) is 20.5. The molecule has 5 nitrogen and oxygen atoms in total. The average molecular weight is 520 g/mol. The number of ether oxygens (including phenoxy) is 1. The average Bonchev–Trinajstić information content (AvgIpc) is 3.49. The molecule has 4 aromatic rings. The number of carbonyl (C=O) groups is 1. The monoisotopic (exact) mass is 519 g/mol. The molecule has 2 aromatic carbocycles. The number of urea groups is 1. The van der Waals surface area contributed by atoms with Gasteiger partial charge >= 0.3 is 6.03 Å². The molecule has 0 fully saturated rings. The molecule has 1 atom stereocenters. The van der Waals surface area contributed by atoms with Crippen LogP contribution in [-0.4, -0.2) is 22.1 Å². The molecule has 1 aliphatic carbocycles. The Kier molecular flexibility index (Phi) is 6.20. The number of benzene rings is 2. The van der Waals surface area contributed by atoms with Crippen molar-refractivity contribution in [3.63, 3.8) is 0 Å². The van der Waals surface area contributed by atoms with Crippen molar-refractivity contribution in [2.45, 2.75) is 45.2 Å². The van der Waals surface area contributed by atoms with E-state index in [1.807, 2.05) is 49.5 Å². The fourth-order valence-electron chi connectivity index (χ4n) is 5.43.